The summed E-state index contributed by atoms with van der Waals surface area (Å²) in [4.78, 5) is 4.76. The number of aliphatic imine (C=N–C) groups is 1. The van der Waals surface area contributed by atoms with Crippen molar-refractivity contribution in [3.8, 4) is 0 Å². The Morgan fingerprint density at radius 3 is 2.83 bits per heavy atom. The average molecular weight is 347 g/mol. The molecule has 0 spiro atoms. The molecule has 7 heteroatoms. The van der Waals surface area contributed by atoms with Crippen molar-refractivity contribution in [2.45, 2.75) is 58.2 Å². The van der Waals surface area contributed by atoms with Crippen molar-refractivity contribution in [1.82, 2.24) is 25.4 Å². The van der Waals surface area contributed by atoms with Crippen LogP contribution in [-0.2, 0) is 20.1 Å². The molecule has 6 nitrogen and oxygen atoms in total. The smallest absolute Gasteiger partial charge is 0.192 e. The molecule has 1 saturated carbocycles. The zero-order chi connectivity index (χ0) is 16.8. The third kappa shape index (κ3) is 4.56. The molecule has 2 aromatic rings. The molecular weight excluding hydrogens is 320 g/mol. The van der Waals surface area contributed by atoms with Gasteiger partial charge in [-0.25, -0.2) is 4.99 Å². The fraction of sp³-hybridized carbons (Fsp3) is 0.588. The van der Waals surface area contributed by atoms with E-state index in [-0.39, 0.29) is 0 Å². The molecule has 0 amide bonds. The van der Waals surface area contributed by atoms with E-state index in [0.717, 1.165) is 17.6 Å². The summed E-state index contributed by atoms with van der Waals surface area (Å²) in [6, 6.07) is 2.65. The Hall–Kier alpha value is -1.89. The summed E-state index contributed by atoms with van der Waals surface area (Å²) in [6.07, 6.45) is 6.41. The molecule has 0 aromatic carbocycles. The lowest BCUT2D eigenvalue weighted by Crippen LogP contribution is -2.44. The van der Waals surface area contributed by atoms with Crippen molar-refractivity contribution in [2.24, 2.45) is 12.0 Å². The van der Waals surface area contributed by atoms with Crippen molar-refractivity contribution in [1.29, 1.82) is 0 Å². The van der Waals surface area contributed by atoms with Crippen LogP contribution in [0.15, 0.2) is 21.8 Å². The number of aromatic nitrogens is 3. The van der Waals surface area contributed by atoms with Gasteiger partial charge in [0, 0.05) is 13.1 Å². The zero-order valence-electron chi connectivity index (χ0n) is 14.5. The first-order valence-electron chi connectivity index (χ1n) is 8.63. The first kappa shape index (κ1) is 17.0. The van der Waals surface area contributed by atoms with Crippen LogP contribution in [0.5, 0.6) is 0 Å². The van der Waals surface area contributed by atoms with Crippen molar-refractivity contribution >= 4 is 17.3 Å². The molecule has 2 heterocycles. The number of nitrogens with zero attached hydrogens (tertiary/aromatic N) is 4. The molecule has 0 saturated heterocycles. The molecule has 0 unspecified atom stereocenters. The fourth-order valence-corrected chi connectivity index (χ4v) is 3.57. The van der Waals surface area contributed by atoms with Crippen LogP contribution < -0.4 is 10.6 Å². The van der Waals surface area contributed by atoms with Gasteiger partial charge in [0.1, 0.15) is 5.82 Å². The van der Waals surface area contributed by atoms with Gasteiger partial charge in [0.15, 0.2) is 11.8 Å². The van der Waals surface area contributed by atoms with Crippen LogP contribution >= 0.6 is 11.3 Å². The molecule has 2 aromatic heterocycles. The summed E-state index contributed by atoms with van der Waals surface area (Å²) in [5, 5.41) is 19.6. The van der Waals surface area contributed by atoms with Crippen LogP contribution in [0.4, 0.5) is 0 Å². The SMILES string of the molecule is Cc1nnc(CNC(=NCc2ccsc2)NC2CCCCC2)n1C. The lowest BCUT2D eigenvalue weighted by atomic mass is 9.96. The largest absolute Gasteiger partial charge is 0.354 e. The first-order chi connectivity index (χ1) is 11.7. The Labute approximate surface area is 147 Å². The van der Waals surface area contributed by atoms with Gasteiger partial charge < -0.3 is 15.2 Å². The molecule has 3 rings (SSSR count). The van der Waals surface area contributed by atoms with Crippen molar-refractivity contribution < 1.29 is 0 Å². The summed E-state index contributed by atoms with van der Waals surface area (Å²) in [5.41, 5.74) is 1.25. The van der Waals surface area contributed by atoms with Crippen molar-refractivity contribution in [3.63, 3.8) is 0 Å². The third-order valence-corrected chi connectivity index (χ3v) is 5.27. The minimum Gasteiger partial charge on any atom is -0.354 e. The number of nitrogens with one attached hydrogen (secondary N) is 2. The normalized spacial score (nSPS) is 16.3. The molecule has 24 heavy (non-hydrogen) atoms. The summed E-state index contributed by atoms with van der Waals surface area (Å²) in [6.45, 7) is 3.28. The van der Waals surface area contributed by atoms with E-state index in [9.17, 15) is 0 Å². The standard InChI is InChI=1S/C17H26N6S/c1-13-21-22-16(23(13)2)11-19-17(18-10-14-8-9-24-12-14)20-15-6-4-3-5-7-15/h8-9,12,15H,3-7,10-11H2,1-2H3,(H2,18,19,20). The van der Waals surface area contributed by atoms with Gasteiger partial charge in [-0.05, 0) is 42.2 Å². The highest BCUT2D eigenvalue weighted by molar-refractivity contribution is 7.07. The Kier molecular flexibility index (Phi) is 5.85. The summed E-state index contributed by atoms with van der Waals surface area (Å²) in [7, 11) is 1.99. The molecule has 1 aliphatic rings. The Balaban J connectivity index is 1.63. The molecule has 1 aliphatic carbocycles. The molecule has 1 fully saturated rings. The van der Waals surface area contributed by atoms with Crippen LogP contribution in [-0.4, -0.2) is 26.8 Å². The van der Waals surface area contributed by atoms with E-state index in [0.29, 0.717) is 19.1 Å². The van der Waals surface area contributed by atoms with E-state index in [1.54, 1.807) is 11.3 Å². The quantitative estimate of drug-likeness (QED) is 0.645. The van der Waals surface area contributed by atoms with Crippen LogP contribution in [0, 0.1) is 6.92 Å². The highest BCUT2D eigenvalue weighted by atomic mass is 32.1. The minimum atomic E-state index is 0.522. The average Bonchev–Trinajstić information content (AvgIpc) is 3.23. The van der Waals surface area contributed by atoms with E-state index in [1.165, 1.54) is 37.7 Å². The lowest BCUT2D eigenvalue weighted by Gasteiger charge is -2.25. The maximum Gasteiger partial charge on any atom is 0.192 e. The van der Waals surface area contributed by atoms with Crippen LogP contribution in [0.3, 0.4) is 0 Å². The highest BCUT2D eigenvalue weighted by Gasteiger charge is 2.15. The van der Waals surface area contributed by atoms with Gasteiger partial charge in [0.05, 0.1) is 13.1 Å². The lowest BCUT2D eigenvalue weighted by molar-refractivity contribution is 0.409. The van der Waals surface area contributed by atoms with Gasteiger partial charge in [-0.1, -0.05) is 19.3 Å². The van der Waals surface area contributed by atoms with E-state index >= 15 is 0 Å². The highest BCUT2D eigenvalue weighted by Crippen LogP contribution is 2.17. The second-order valence-electron chi connectivity index (χ2n) is 6.35. The minimum absolute atomic E-state index is 0.522. The number of hydrogen-bond donors (Lipinski definition) is 2. The van der Waals surface area contributed by atoms with Crippen LogP contribution in [0.1, 0.15) is 49.3 Å². The van der Waals surface area contributed by atoms with E-state index in [4.69, 9.17) is 4.99 Å². The van der Waals surface area contributed by atoms with E-state index in [2.05, 4.69) is 37.7 Å². The van der Waals surface area contributed by atoms with Gasteiger partial charge in [0.2, 0.25) is 0 Å². The fourth-order valence-electron chi connectivity index (χ4n) is 2.91. The van der Waals surface area contributed by atoms with Crippen LogP contribution in [0.25, 0.3) is 0 Å². The van der Waals surface area contributed by atoms with Crippen molar-refractivity contribution in [3.05, 3.63) is 34.0 Å². The van der Waals surface area contributed by atoms with Gasteiger partial charge in [-0.15, -0.1) is 10.2 Å². The van der Waals surface area contributed by atoms with Crippen molar-refractivity contribution in [2.75, 3.05) is 0 Å². The Morgan fingerprint density at radius 2 is 2.17 bits per heavy atom. The number of hydrogen-bond acceptors (Lipinski definition) is 4. The monoisotopic (exact) mass is 346 g/mol. The Bertz CT molecular complexity index is 655. The molecule has 0 radical (unpaired) electrons. The summed E-state index contributed by atoms with van der Waals surface area (Å²) >= 11 is 1.71. The molecule has 0 atom stereocenters. The zero-order valence-corrected chi connectivity index (χ0v) is 15.3. The summed E-state index contributed by atoms with van der Waals surface area (Å²) < 4.78 is 2.00. The molecular formula is C17H26N6S. The topological polar surface area (TPSA) is 67.1 Å². The summed E-state index contributed by atoms with van der Waals surface area (Å²) in [5.74, 6) is 2.71. The molecule has 2 N–H and O–H groups in total. The maximum atomic E-state index is 4.76. The molecule has 130 valence electrons. The van der Waals surface area contributed by atoms with E-state index in [1.807, 2.05) is 18.5 Å². The maximum absolute atomic E-state index is 4.76. The number of guanidine groups is 1. The predicted molar refractivity (Wildman–Crippen MR) is 98.0 cm³/mol. The number of rotatable bonds is 5. The number of thiophene rings is 1. The molecule has 0 aliphatic heterocycles. The third-order valence-electron chi connectivity index (χ3n) is 4.54. The predicted octanol–water partition coefficient (Wildman–Crippen LogP) is 2.75. The number of aryl methyl sites for hydroxylation is 1. The Morgan fingerprint density at radius 1 is 1.33 bits per heavy atom. The second-order valence-corrected chi connectivity index (χ2v) is 7.13. The van der Waals surface area contributed by atoms with E-state index < -0.39 is 0 Å². The van der Waals surface area contributed by atoms with Gasteiger partial charge >= 0.3 is 0 Å². The van der Waals surface area contributed by atoms with Gasteiger partial charge in [-0.3, -0.25) is 0 Å². The van der Waals surface area contributed by atoms with Gasteiger partial charge in [-0.2, -0.15) is 11.3 Å². The first-order valence-corrected chi connectivity index (χ1v) is 9.57. The van der Waals surface area contributed by atoms with Crippen LogP contribution in [0.2, 0.25) is 0 Å². The molecule has 0 bridgehead atoms. The van der Waals surface area contributed by atoms with Gasteiger partial charge in [0.25, 0.3) is 0 Å². The second kappa shape index (κ2) is 8.28.